The molecule has 0 spiro atoms. The van der Waals surface area contributed by atoms with E-state index in [4.69, 9.17) is 5.73 Å². The molecule has 2 atom stereocenters. The van der Waals surface area contributed by atoms with Crippen LogP contribution >= 0.6 is 7.92 Å². The van der Waals surface area contributed by atoms with E-state index in [1.165, 1.54) is 16.2 Å². The van der Waals surface area contributed by atoms with Crippen LogP contribution in [0.2, 0.25) is 0 Å². The average Bonchev–Trinajstić information content (AvgIpc) is 2.64. The number of benzene rings is 3. The summed E-state index contributed by atoms with van der Waals surface area (Å²) in [6, 6.07) is 32.5. The average molecular weight is 333 g/mol. The third kappa shape index (κ3) is 4.12. The van der Waals surface area contributed by atoms with Gasteiger partial charge in [-0.3, -0.25) is 0 Å². The molecule has 24 heavy (non-hydrogen) atoms. The first-order valence-corrected chi connectivity index (χ1v) is 9.85. The highest BCUT2D eigenvalue weighted by Crippen LogP contribution is 2.42. The lowest BCUT2D eigenvalue weighted by Gasteiger charge is -2.31. The van der Waals surface area contributed by atoms with Crippen molar-refractivity contribution >= 4 is 18.5 Å². The fourth-order valence-electron chi connectivity index (χ4n) is 3.08. The molecule has 122 valence electrons. The summed E-state index contributed by atoms with van der Waals surface area (Å²) in [5, 5.41) is 2.80. The van der Waals surface area contributed by atoms with Crippen molar-refractivity contribution in [1.29, 1.82) is 0 Å². The molecule has 0 fully saturated rings. The number of hydrogen-bond acceptors (Lipinski definition) is 1. The predicted octanol–water partition coefficient (Wildman–Crippen LogP) is 4.08. The molecule has 0 bridgehead atoms. The summed E-state index contributed by atoms with van der Waals surface area (Å²) in [5.41, 5.74) is 8.25. The second-order valence-corrected chi connectivity index (χ2v) is 8.59. The zero-order valence-corrected chi connectivity index (χ0v) is 14.9. The molecular weight excluding hydrogens is 309 g/mol. The smallest absolute Gasteiger partial charge is 0.00874 e. The van der Waals surface area contributed by atoms with E-state index in [0.29, 0.717) is 5.66 Å². The summed E-state index contributed by atoms with van der Waals surface area (Å²) < 4.78 is 0. The normalized spacial score (nSPS) is 13.6. The van der Waals surface area contributed by atoms with Gasteiger partial charge in [-0.25, -0.2) is 0 Å². The van der Waals surface area contributed by atoms with E-state index in [9.17, 15) is 0 Å². The fourth-order valence-corrected chi connectivity index (χ4v) is 5.99. The second-order valence-electron chi connectivity index (χ2n) is 6.16. The van der Waals surface area contributed by atoms with Crippen LogP contribution in [0.5, 0.6) is 0 Å². The van der Waals surface area contributed by atoms with E-state index in [2.05, 4.69) is 97.9 Å². The van der Waals surface area contributed by atoms with Crippen LogP contribution in [0.25, 0.3) is 0 Å². The van der Waals surface area contributed by atoms with E-state index in [1.807, 2.05) is 0 Å². The van der Waals surface area contributed by atoms with Gasteiger partial charge in [0, 0.05) is 11.7 Å². The first-order chi connectivity index (χ1) is 11.8. The van der Waals surface area contributed by atoms with Gasteiger partial charge in [0.1, 0.15) is 0 Å². The lowest BCUT2D eigenvalue weighted by Crippen LogP contribution is -2.37. The largest absolute Gasteiger partial charge is 0.327 e. The molecule has 3 rings (SSSR count). The van der Waals surface area contributed by atoms with Crippen LogP contribution in [0, 0.1) is 0 Å². The molecule has 0 aromatic heterocycles. The molecule has 2 N–H and O–H groups in total. The van der Waals surface area contributed by atoms with E-state index in [1.54, 1.807) is 0 Å². The molecule has 2 heteroatoms. The molecule has 1 nitrogen and oxygen atoms in total. The van der Waals surface area contributed by atoms with Gasteiger partial charge in [-0.2, -0.15) is 0 Å². The van der Waals surface area contributed by atoms with Gasteiger partial charge in [-0.15, -0.1) is 0 Å². The van der Waals surface area contributed by atoms with E-state index >= 15 is 0 Å². The summed E-state index contributed by atoms with van der Waals surface area (Å²) in [6.07, 6.45) is 1.01. The van der Waals surface area contributed by atoms with Crippen LogP contribution in [-0.4, -0.2) is 11.7 Å². The molecule has 0 saturated heterocycles. The molecule has 0 aliphatic carbocycles. The van der Waals surface area contributed by atoms with Crippen molar-refractivity contribution in [2.45, 2.75) is 25.0 Å². The van der Waals surface area contributed by atoms with Crippen molar-refractivity contribution in [2.24, 2.45) is 5.73 Å². The molecule has 0 saturated carbocycles. The fraction of sp³-hybridized carbons (Fsp3) is 0.182. The maximum absolute atomic E-state index is 6.48. The second kappa shape index (κ2) is 8.24. The van der Waals surface area contributed by atoms with E-state index in [-0.39, 0.29) is 6.04 Å². The van der Waals surface area contributed by atoms with Gasteiger partial charge in [0.25, 0.3) is 0 Å². The van der Waals surface area contributed by atoms with Gasteiger partial charge < -0.3 is 5.73 Å². The van der Waals surface area contributed by atoms with Crippen molar-refractivity contribution in [1.82, 2.24) is 0 Å². The third-order valence-corrected chi connectivity index (χ3v) is 7.32. The molecule has 0 unspecified atom stereocenters. The quantitative estimate of drug-likeness (QED) is 0.676. The van der Waals surface area contributed by atoms with Crippen LogP contribution in [0.15, 0.2) is 91.0 Å². The highest BCUT2D eigenvalue weighted by Gasteiger charge is 2.27. The lowest BCUT2D eigenvalue weighted by atomic mass is 10.1. The first-order valence-electron chi connectivity index (χ1n) is 8.44. The summed E-state index contributed by atoms with van der Waals surface area (Å²) >= 11 is 0. The van der Waals surface area contributed by atoms with Gasteiger partial charge in [-0.1, -0.05) is 91.0 Å². The Labute approximate surface area is 146 Å². The first kappa shape index (κ1) is 16.9. The van der Waals surface area contributed by atoms with Crippen LogP contribution < -0.4 is 16.3 Å². The summed E-state index contributed by atoms with van der Waals surface area (Å²) in [6.45, 7) is 2.15. The number of nitrogens with two attached hydrogens (primary N) is 1. The predicted molar refractivity (Wildman–Crippen MR) is 107 cm³/mol. The van der Waals surface area contributed by atoms with Crippen molar-refractivity contribution in [3.63, 3.8) is 0 Å². The van der Waals surface area contributed by atoms with Gasteiger partial charge in [0.05, 0.1) is 0 Å². The lowest BCUT2D eigenvalue weighted by molar-refractivity contribution is 0.678. The van der Waals surface area contributed by atoms with Gasteiger partial charge in [-0.05, 0) is 37.4 Å². The SMILES string of the molecule is C[C@H](N)[C@H](Cc1ccccc1)P(c1ccccc1)c1ccccc1. The summed E-state index contributed by atoms with van der Waals surface area (Å²) in [5.74, 6) is 0. The van der Waals surface area contributed by atoms with Crippen LogP contribution in [0.1, 0.15) is 12.5 Å². The molecule has 0 radical (unpaired) electrons. The van der Waals surface area contributed by atoms with E-state index in [0.717, 1.165) is 6.42 Å². The Balaban J connectivity index is 2.01. The van der Waals surface area contributed by atoms with Crippen molar-refractivity contribution < 1.29 is 0 Å². The molecule has 3 aromatic rings. The molecule has 0 amide bonds. The maximum atomic E-state index is 6.48. The molecule has 3 aromatic carbocycles. The molecule has 0 heterocycles. The standard InChI is InChI=1S/C22H24NP/c1-18(23)22(17-19-11-5-2-6-12-19)24(20-13-7-3-8-14-20)21-15-9-4-10-16-21/h2-16,18,22H,17,23H2,1H3/t18-,22-/m0/s1. The van der Waals surface area contributed by atoms with Crippen molar-refractivity contribution in [2.75, 3.05) is 0 Å². The van der Waals surface area contributed by atoms with Crippen LogP contribution in [-0.2, 0) is 6.42 Å². The number of hydrogen-bond donors (Lipinski definition) is 1. The molecule has 0 aliphatic heterocycles. The Kier molecular flexibility index (Phi) is 5.80. The summed E-state index contributed by atoms with van der Waals surface area (Å²) in [7, 11) is -0.502. The Hall–Kier alpha value is -1.95. The Bertz CT molecular complexity index is 686. The topological polar surface area (TPSA) is 26.0 Å². The monoisotopic (exact) mass is 333 g/mol. The molecular formula is C22H24NP. The Morgan fingerprint density at radius 1 is 0.708 bits per heavy atom. The number of rotatable bonds is 6. The van der Waals surface area contributed by atoms with Crippen LogP contribution in [0.4, 0.5) is 0 Å². The van der Waals surface area contributed by atoms with Crippen molar-refractivity contribution in [3.05, 3.63) is 96.6 Å². The Morgan fingerprint density at radius 2 is 1.12 bits per heavy atom. The van der Waals surface area contributed by atoms with E-state index < -0.39 is 7.92 Å². The minimum atomic E-state index is -0.502. The third-order valence-electron chi connectivity index (χ3n) is 4.29. The van der Waals surface area contributed by atoms with Gasteiger partial charge >= 0.3 is 0 Å². The zero-order chi connectivity index (χ0) is 16.8. The van der Waals surface area contributed by atoms with Gasteiger partial charge in [0.15, 0.2) is 0 Å². The maximum Gasteiger partial charge on any atom is 0.00874 e. The minimum absolute atomic E-state index is 0.136. The van der Waals surface area contributed by atoms with Crippen LogP contribution in [0.3, 0.4) is 0 Å². The Morgan fingerprint density at radius 3 is 1.54 bits per heavy atom. The minimum Gasteiger partial charge on any atom is -0.327 e. The zero-order valence-electron chi connectivity index (χ0n) is 14.0. The molecule has 0 aliphatic rings. The highest BCUT2D eigenvalue weighted by molar-refractivity contribution is 7.73. The highest BCUT2D eigenvalue weighted by atomic mass is 31.1. The van der Waals surface area contributed by atoms with Gasteiger partial charge in [0.2, 0.25) is 0 Å². The summed E-state index contributed by atoms with van der Waals surface area (Å²) in [4.78, 5) is 0. The van der Waals surface area contributed by atoms with Crippen molar-refractivity contribution in [3.8, 4) is 0 Å².